The van der Waals surface area contributed by atoms with Crippen LogP contribution in [0.5, 0.6) is 5.75 Å². The molecule has 5 nitrogen and oxygen atoms in total. The molecule has 130 valence electrons. The lowest BCUT2D eigenvalue weighted by molar-refractivity contribution is -2.00. The predicted octanol–water partition coefficient (Wildman–Crippen LogP) is 0.616. The van der Waals surface area contributed by atoms with Crippen LogP contribution < -0.4 is 23.4 Å². The molecule has 0 aliphatic rings. The quantitative estimate of drug-likeness (QED) is 0.621. The summed E-state index contributed by atoms with van der Waals surface area (Å²) in [4.78, 5) is 1.26. The Morgan fingerprint density at radius 2 is 1.36 bits per heavy atom. The molecule has 0 saturated heterocycles. The van der Waals surface area contributed by atoms with Gasteiger partial charge in [0.25, 0.3) is 0 Å². The minimum absolute atomic E-state index is 0.887. The highest BCUT2D eigenvalue weighted by Gasteiger charge is 2.11. The van der Waals surface area contributed by atoms with Gasteiger partial charge in [0.05, 0.1) is 7.11 Å². The Kier molecular flexibility index (Phi) is 6.83. The molecule has 3 aromatic rings. The molecule has 0 spiro atoms. The second-order valence-corrected chi connectivity index (χ2v) is 6.56. The molecule has 0 bridgehead atoms. The third-order valence-corrected chi connectivity index (χ3v) is 4.09. The monoisotopic (exact) mass is 378 g/mol. The smallest absolute Gasteiger partial charge is 0.238 e. The highest BCUT2D eigenvalue weighted by molar-refractivity contribution is 7.13. The Bertz CT molecular complexity index is 783. The molecule has 0 saturated carbocycles. The average molecular weight is 379 g/mol. The third-order valence-electron chi connectivity index (χ3n) is 3.21. The van der Waals surface area contributed by atoms with Gasteiger partial charge >= 0.3 is 0 Å². The van der Waals surface area contributed by atoms with E-state index in [0.717, 1.165) is 5.75 Å². The van der Waals surface area contributed by atoms with E-state index in [1.807, 2.05) is 18.2 Å². The maximum Gasteiger partial charge on any atom is 0.238 e. The zero-order valence-corrected chi connectivity index (χ0v) is 14.8. The van der Waals surface area contributed by atoms with Gasteiger partial charge in [-0.2, -0.15) is 0 Å². The van der Waals surface area contributed by atoms with Crippen LogP contribution in [0.2, 0.25) is 0 Å². The van der Waals surface area contributed by atoms with Crippen molar-refractivity contribution in [1.82, 2.24) is 0 Å². The molecule has 0 aliphatic heterocycles. The lowest BCUT2D eigenvalue weighted by atomic mass is 10.1. The first-order chi connectivity index (χ1) is 11.9. The van der Waals surface area contributed by atoms with Gasteiger partial charge in [0, 0.05) is 17.7 Å². The fraction of sp³-hybridized carbons (Fsp3) is 0.0556. The van der Waals surface area contributed by atoms with Crippen LogP contribution in [0.4, 0.5) is 0 Å². The van der Waals surface area contributed by atoms with Crippen molar-refractivity contribution in [3.63, 3.8) is 0 Å². The van der Waals surface area contributed by atoms with Crippen LogP contribution in [-0.2, 0) is 0 Å². The van der Waals surface area contributed by atoms with Crippen molar-refractivity contribution in [2.75, 3.05) is 7.11 Å². The lowest BCUT2D eigenvalue weighted by Crippen LogP contribution is -2.68. The van der Waals surface area contributed by atoms with E-state index < -0.39 is 10.2 Å². The molecule has 3 rings (SSSR count). The van der Waals surface area contributed by atoms with E-state index in [9.17, 15) is 0 Å². The fourth-order valence-electron chi connectivity index (χ4n) is 2.12. The number of halogens is 1. The second kappa shape index (κ2) is 8.87. The molecule has 0 N–H and O–H groups in total. The Hall–Kier alpha value is -2.06. The molecule has 0 amide bonds. The molecule has 0 aliphatic carbocycles. The van der Waals surface area contributed by atoms with Gasteiger partial charge < -0.3 is 4.74 Å². The van der Waals surface area contributed by atoms with Gasteiger partial charge in [-0.1, -0.05) is 30.3 Å². The standard InChI is InChI=1S/C18H15OS.ClHO4/c1-19-17-9-7-15(8-10-17)18-13-16(11-12-20-18)14-5-3-2-4-6-14;2-1(3,4)5/h2-13H,1H3;(H,2,3,4,5)/q+1;/p-1. The van der Waals surface area contributed by atoms with Crippen molar-refractivity contribution in [2.24, 2.45) is 0 Å². The summed E-state index contributed by atoms with van der Waals surface area (Å²) in [6.07, 6.45) is 0. The van der Waals surface area contributed by atoms with Crippen LogP contribution in [0, 0.1) is 10.2 Å². The Morgan fingerprint density at radius 3 is 1.92 bits per heavy atom. The van der Waals surface area contributed by atoms with E-state index in [4.69, 9.17) is 23.4 Å². The van der Waals surface area contributed by atoms with Crippen LogP contribution in [0.15, 0.2) is 72.1 Å². The number of rotatable bonds is 3. The van der Waals surface area contributed by atoms with Gasteiger partial charge in [0.15, 0.2) is 5.38 Å². The van der Waals surface area contributed by atoms with E-state index in [-0.39, 0.29) is 0 Å². The van der Waals surface area contributed by atoms with Crippen LogP contribution >= 0.6 is 11.3 Å². The van der Waals surface area contributed by atoms with Crippen LogP contribution in [0.3, 0.4) is 0 Å². The summed E-state index contributed by atoms with van der Waals surface area (Å²) in [5.41, 5.74) is 3.71. The Morgan fingerprint density at radius 1 is 0.760 bits per heavy atom. The summed E-state index contributed by atoms with van der Waals surface area (Å²) in [7, 11) is -3.26. The molecule has 0 radical (unpaired) electrons. The van der Waals surface area contributed by atoms with E-state index in [0.29, 0.717) is 0 Å². The van der Waals surface area contributed by atoms with E-state index in [1.165, 1.54) is 21.6 Å². The summed E-state index contributed by atoms with van der Waals surface area (Å²) in [6.45, 7) is 0. The Balaban J connectivity index is 0.000000399. The van der Waals surface area contributed by atoms with Crippen LogP contribution in [0.25, 0.3) is 21.6 Å². The molecular weight excluding hydrogens is 364 g/mol. The van der Waals surface area contributed by atoms with Crippen LogP contribution in [0.1, 0.15) is 0 Å². The van der Waals surface area contributed by atoms with Crippen molar-refractivity contribution in [3.8, 4) is 27.3 Å². The molecule has 25 heavy (non-hydrogen) atoms. The zero-order chi connectivity index (χ0) is 18.3. The molecule has 0 atom stereocenters. The number of benzene rings is 2. The van der Waals surface area contributed by atoms with E-state index in [2.05, 4.69) is 53.9 Å². The fourth-order valence-corrected chi connectivity index (χ4v) is 2.95. The van der Waals surface area contributed by atoms with Crippen molar-refractivity contribution in [1.29, 1.82) is 0 Å². The molecule has 7 heteroatoms. The molecule has 1 heterocycles. The van der Waals surface area contributed by atoms with Gasteiger partial charge in [0.1, 0.15) is 5.75 Å². The summed E-state index contributed by atoms with van der Waals surface area (Å²) in [5, 5.41) is 2.14. The largest absolute Gasteiger partial charge is 0.497 e. The Labute approximate surface area is 151 Å². The minimum Gasteiger partial charge on any atom is -0.497 e. The van der Waals surface area contributed by atoms with Gasteiger partial charge in [-0.15, -0.1) is 10.2 Å². The first kappa shape index (κ1) is 19.3. The highest BCUT2D eigenvalue weighted by Crippen LogP contribution is 2.30. The average Bonchev–Trinajstić information content (AvgIpc) is 2.61. The van der Waals surface area contributed by atoms with E-state index >= 15 is 0 Å². The van der Waals surface area contributed by atoms with Crippen LogP contribution in [-0.4, -0.2) is 7.11 Å². The van der Waals surface area contributed by atoms with Crippen molar-refractivity contribution >= 4 is 11.3 Å². The summed E-state index contributed by atoms with van der Waals surface area (Å²) >= 11 is 1.75. The van der Waals surface area contributed by atoms with Crippen molar-refractivity contribution < 1.29 is 33.6 Å². The second-order valence-electron chi connectivity index (χ2n) is 4.86. The summed E-state index contributed by atoms with van der Waals surface area (Å²) < 4.78 is 39.2. The predicted molar refractivity (Wildman–Crippen MR) is 86.2 cm³/mol. The minimum atomic E-state index is -4.94. The number of hydrogen-bond acceptors (Lipinski definition) is 5. The normalized spacial score (nSPS) is 10.6. The van der Waals surface area contributed by atoms with Crippen molar-refractivity contribution in [2.45, 2.75) is 0 Å². The van der Waals surface area contributed by atoms with Gasteiger partial charge in [-0.25, -0.2) is 18.6 Å². The molecule has 2 aromatic carbocycles. The molecular formula is C18H15ClO5S. The topological polar surface area (TPSA) is 101 Å². The number of hydrogen-bond donors (Lipinski definition) is 0. The molecule has 0 unspecified atom stereocenters. The summed E-state index contributed by atoms with van der Waals surface area (Å²) in [6, 6.07) is 23.0. The maximum absolute atomic E-state index is 8.49. The van der Waals surface area contributed by atoms with Crippen molar-refractivity contribution in [3.05, 3.63) is 72.1 Å². The van der Waals surface area contributed by atoms with Gasteiger partial charge in [-0.05, 0) is 35.4 Å². The van der Waals surface area contributed by atoms with Gasteiger partial charge in [0.2, 0.25) is 16.2 Å². The SMILES string of the molecule is COc1ccc(-c2cc(-c3ccccc3)cc[s+]2)cc1.[O-][Cl+3]([O-])([O-])[O-]. The summed E-state index contributed by atoms with van der Waals surface area (Å²) in [5.74, 6) is 0.887. The number of methoxy groups -OCH3 is 1. The lowest BCUT2D eigenvalue weighted by Gasteiger charge is -2.17. The number of ether oxygens (including phenoxy) is 1. The van der Waals surface area contributed by atoms with Gasteiger partial charge in [-0.3, -0.25) is 0 Å². The highest BCUT2D eigenvalue weighted by atomic mass is 35.7. The third kappa shape index (κ3) is 6.75. The maximum atomic E-state index is 8.49. The first-order valence-corrected chi connectivity index (χ1v) is 9.21. The zero-order valence-electron chi connectivity index (χ0n) is 13.3. The first-order valence-electron chi connectivity index (χ1n) is 7.10. The van der Waals surface area contributed by atoms with E-state index in [1.54, 1.807) is 18.4 Å². The molecule has 0 fully saturated rings. The molecule has 1 aromatic heterocycles.